The highest BCUT2D eigenvalue weighted by molar-refractivity contribution is 5.95. The fourth-order valence-electron chi connectivity index (χ4n) is 2.70. The molecule has 1 saturated heterocycles. The number of hydrogen-bond donors (Lipinski definition) is 1. The normalized spacial score (nSPS) is 22.1. The van der Waals surface area contributed by atoms with Crippen molar-refractivity contribution in [3.05, 3.63) is 54.2 Å². The van der Waals surface area contributed by atoms with Crippen LogP contribution in [0.25, 0.3) is 0 Å². The number of nitrogens with one attached hydrogen (secondary N) is 1. The summed E-state index contributed by atoms with van der Waals surface area (Å²) < 4.78 is 17.2. The van der Waals surface area contributed by atoms with Gasteiger partial charge in [0.2, 0.25) is 11.8 Å². The van der Waals surface area contributed by atoms with Crippen LogP contribution < -0.4 is 10.1 Å². The largest absolute Gasteiger partial charge is 0.476 e. The Hall–Kier alpha value is -2.48. The van der Waals surface area contributed by atoms with Crippen LogP contribution >= 0.6 is 0 Å². The molecule has 1 aromatic carbocycles. The van der Waals surface area contributed by atoms with Crippen LogP contribution in [-0.4, -0.2) is 56.3 Å². The molecule has 0 aliphatic carbocycles. The summed E-state index contributed by atoms with van der Waals surface area (Å²) >= 11 is 0. The molecule has 150 valence electrons. The first-order valence-corrected chi connectivity index (χ1v) is 9.29. The molecule has 0 bridgehead atoms. The number of pyridine rings is 1. The molecule has 0 spiro atoms. The highest BCUT2D eigenvalue weighted by Gasteiger charge is 2.39. The van der Waals surface area contributed by atoms with E-state index < -0.39 is 11.7 Å². The number of likely N-dealkylation sites (N-methyl/N-ethyl adjacent to an activating group) is 1. The smallest absolute Gasteiger partial charge is 0.235 e. The van der Waals surface area contributed by atoms with E-state index in [-0.39, 0.29) is 19.1 Å². The molecule has 1 aliphatic rings. The van der Waals surface area contributed by atoms with E-state index in [0.29, 0.717) is 18.2 Å². The second kappa shape index (κ2) is 9.14. The van der Waals surface area contributed by atoms with Crippen molar-refractivity contribution in [2.24, 2.45) is 5.41 Å². The first-order valence-electron chi connectivity index (χ1n) is 9.29. The third-order valence-corrected chi connectivity index (χ3v) is 4.51. The minimum absolute atomic E-state index is 0.165. The number of amides is 1. The molecule has 28 heavy (non-hydrogen) atoms. The molecule has 1 aliphatic heterocycles. The van der Waals surface area contributed by atoms with Crippen molar-refractivity contribution in [2.45, 2.75) is 13.2 Å². The number of rotatable bonds is 7. The average molecular weight is 385 g/mol. The van der Waals surface area contributed by atoms with E-state index in [2.05, 4.69) is 10.3 Å². The topological polar surface area (TPSA) is 72.9 Å². The Morgan fingerprint density at radius 3 is 2.54 bits per heavy atom. The molecule has 0 saturated carbocycles. The highest BCUT2D eigenvalue weighted by atomic mass is 16.7. The molecule has 1 amide bonds. The second-order valence-electron chi connectivity index (χ2n) is 7.42. The molecule has 1 fully saturated rings. The fourth-order valence-corrected chi connectivity index (χ4v) is 2.70. The molecular weight excluding hydrogens is 358 g/mol. The maximum atomic E-state index is 12.7. The highest BCUT2D eigenvalue weighted by Crippen LogP contribution is 2.32. The molecule has 1 aromatic heterocycles. The van der Waals surface area contributed by atoms with Crippen LogP contribution in [0.1, 0.15) is 18.8 Å². The minimum atomic E-state index is -0.772. The minimum Gasteiger partial charge on any atom is -0.476 e. The SMILES string of the molecule is CN(C)CCOc1ccc(NC(=O)C2(C)COC(c3ccccc3)OC2)cn1. The van der Waals surface area contributed by atoms with E-state index in [1.807, 2.05) is 56.3 Å². The van der Waals surface area contributed by atoms with Gasteiger partial charge in [0.1, 0.15) is 6.61 Å². The number of nitrogens with zero attached hydrogens (tertiary/aromatic N) is 2. The summed E-state index contributed by atoms with van der Waals surface area (Å²) in [6, 6.07) is 13.2. The molecule has 1 N–H and O–H groups in total. The van der Waals surface area contributed by atoms with Gasteiger partial charge in [-0.3, -0.25) is 4.79 Å². The maximum absolute atomic E-state index is 12.7. The number of benzene rings is 1. The number of ether oxygens (including phenoxy) is 3. The lowest BCUT2D eigenvalue weighted by Crippen LogP contribution is -2.45. The third-order valence-electron chi connectivity index (χ3n) is 4.51. The van der Waals surface area contributed by atoms with Crippen LogP contribution in [0.4, 0.5) is 5.69 Å². The van der Waals surface area contributed by atoms with Crippen molar-refractivity contribution in [1.29, 1.82) is 0 Å². The van der Waals surface area contributed by atoms with Gasteiger partial charge in [-0.2, -0.15) is 0 Å². The predicted molar refractivity (Wildman–Crippen MR) is 106 cm³/mol. The van der Waals surface area contributed by atoms with Gasteiger partial charge >= 0.3 is 0 Å². The standard InChI is InChI=1S/C21H27N3O4/c1-21(14-27-19(28-15-21)16-7-5-4-6-8-16)20(25)23-17-9-10-18(22-13-17)26-12-11-24(2)3/h4-10,13,19H,11-12,14-15H2,1-3H3,(H,23,25). The number of hydrogen-bond acceptors (Lipinski definition) is 6. The molecule has 7 heteroatoms. The number of aromatic nitrogens is 1. The molecule has 3 rings (SSSR count). The van der Waals surface area contributed by atoms with E-state index in [9.17, 15) is 4.79 Å². The molecule has 0 atom stereocenters. The van der Waals surface area contributed by atoms with Gasteiger partial charge < -0.3 is 24.4 Å². The van der Waals surface area contributed by atoms with E-state index in [1.165, 1.54) is 0 Å². The van der Waals surface area contributed by atoms with Crippen LogP contribution in [0.15, 0.2) is 48.7 Å². The van der Waals surface area contributed by atoms with Gasteiger partial charge in [0.25, 0.3) is 0 Å². The van der Waals surface area contributed by atoms with E-state index in [0.717, 1.165) is 12.1 Å². The van der Waals surface area contributed by atoms with Gasteiger partial charge in [0.15, 0.2) is 6.29 Å². The Morgan fingerprint density at radius 2 is 1.93 bits per heavy atom. The lowest BCUT2D eigenvalue weighted by Gasteiger charge is -2.36. The summed E-state index contributed by atoms with van der Waals surface area (Å²) in [6.07, 6.45) is 1.14. The monoisotopic (exact) mass is 385 g/mol. The van der Waals surface area contributed by atoms with Gasteiger partial charge in [-0.05, 0) is 27.1 Å². The first-order chi connectivity index (χ1) is 13.5. The van der Waals surface area contributed by atoms with Gasteiger partial charge in [-0.1, -0.05) is 30.3 Å². The summed E-state index contributed by atoms with van der Waals surface area (Å²) in [5, 5.41) is 2.88. The van der Waals surface area contributed by atoms with Crippen molar-refractivity contribution in [3.63, 3.8) is 0 Å². The number of carbonyl (C=O) groups excluding carboxylic acids is 1. The summed E-state index contributed by atoms with van der Waals surface area (Å²) in [5.74, 6) is 0.364. The number of carbonyl (C=O) groups is 1. The van der Waals surface area contributed by atoms with Crippen LogP contribution in [0.2, 0.25) is 0 Å². The Kier molecular flexibility index (Phi) is 6.61. The van der Waals surface area contributed by atoms with Crippen molar-refractivity contribution in [1.82, 2.24) is 9.88 Å². The van der Waals surface area contributed by atoms with Gasteiger partial charge in [0, 0.05) is 18.2 Å². The van der Waals surface area contributed by atoms with E-state index >= 15 is 0 Å². The van der Waals surface area contributed by atoms with Gasteiger partial charge in [-0.25, -0.2) is 4.98 Å². The van der Waals surface area contributed by atoms with Crippen molar-refractivity contribution in [2.75, 3.05) is 45.8 Å². The molecule has 0 unspecified atom stereocenters. The zero-order valence-corrected chi connectivity index (χ0v) is 16.6. The molecule has 2 aromatic rings. The Morgan fingerprint density at radius 1 is 1.21 bits per heavy atom. The molecule has 2 heterocycles. The maximum Gasteiger partial charge on any atom is 0.235 e. The quantitative estimate of drug-likeness (QED) is 0.790. The first kappa shape index (κ1) is 20.3. The fraction of sp³-hybridized carbons (Fsp3) is 0.429. The molecule has 7 nitrogen and oxygen atoms in total. The van der Waals surface area contributed by atoms with Crippen molar-refractivity contribution in [3.8, 4) is 5.88 Å². The second-order valence-corrected chi connectivity index (χ2v) is 7.42. The molecular formula is C21H27N3O4. The van der Waals surface area contributed by atoms with Gasteiger partial charge in [-0.15, -0.1) is 0 Å². The number of anilines is 1. The lowest BCUT2D eigenvalue weighted by molar-refractivity contribution is -0.226. The summed E-state index contributed by atoms with van der Waals surface area (Å²) in [5.41, 5.74) is 0.780. The Balaban J connectivity index is 1.51. The zero-order chi connectivity index (χ0) is 20.0. The zero-order valence-electron chi connectivity index (χ0n) is 16.6. The predicted octanol–water partition coefficient (Wildman–Crippen LogP) is 2.71. The Bertz CT molecular complexity index is 757. The van der Waals surface area contributed by atoms with Crippen LogP contribution in [-0.2, 0) is 14.3 Å². The van der Waals surface area contributed by atoms with E-state index in [1.54, 1.807) is 18.3 Å². The van der Waals surface area contributed by atoms with Gasteiger partial charge in [0.05, 0.1) is 30.5 Å². The Labute approximate surface area is 165 Å². The van der Waals surface area contributed by atoms with Crippen molar-refractivity contribution < 1.29 is 19.0 Å². The summed E-state index contributed by atoms with van der Waals surface area (Å²) in [6.45, 7) is 3.74. The summed E-state index contributed by atoms with van der Waals surface area (Å²) in [7, 11) is 3.97. The average Bonchev–Trinajstić information content (AvgIpc) is 2.70. The molecule has 0 radical (unpaired) electrons. The van der Waals surface area contributed by atoms with Crippen LogP contribution in [0, 0.1) is 5.41 Å². The van der Waals surface area contributed by atoms with Crippen LogP contribution in [0.3, 0.4) is 0 Å². The third kappa shape index (κ3) is 5.28. The van der Waals surface area contributed by atoms with E-state index in [4.69, 9.17) is 14.2 Å². The van der Waals surface area contributed by atoms with Crippen molar-refractivity contribution >= 4 is 11.6 Å². The van der Waals surface area contributed by atoms with Crippen LogP contribution in [0.5, 0.6) is 5.88 Å². The lowest BCUT2D eigenvalue weighted by atomic mass is 9.90. The summed E-state index contributed by atoms with van der Waals surface area (Å²) in [4.78, 5) is 19.0.